The van der Waals surface area contributed by atoms with Crippen LogP contribution in [0.25, 0.3) is 10.8 Å². The van der Waals surface area contributed by atoms with Gasteiger partial charge in [0.2, 0.25) is 0 Å². The predicted molar refractivity (Wildman–Crippen MR) is 108 cm³/mol. The lowest BCUT2D eigenvalue weighted by molar-refractivity contribution is 0.360. The van der Waals surface area contributed by atoms with Crippen molar-refractivity contribution in [1.82, 2.24) is 0 Å². The first-order chi connectivity index (χ1) is 12.5. The molecule has 3 aromatic rings. The van der Waals surface area contributed by atoms with Crippen molar-refractivity contribution in [2.24, 2.45) is 0 Å². The molecule has 2 aliphatic rings. The van der Waals surface area contributed by atoms with Crippen LogP contribution in [0.3, 0.4) is 0 Å². The highest BCUT2D eigenvalue weighted by atomic mass is 16.5. The molecule has 132 valence electrons. The van der Waals surface area contributed by atoms with Crippen LogP contribution in [0.2, 0.25) is 0 Å². The zero-order valence-electron chi connectivity index (χ0n) is 15.9. The molecule has 0 amide bonds. The first-order valence-electron chi connectivity index (χ1n) is 9.80. The molecule has 0 unspecified atom stereocenters. The highest BCUT2D eigenvalue weighted by Crippen LogP contribution is 2.57. The number of fused-ring (bicyclic) bond motifs is 3. The van der Waals surface area contributed by atoms with E-state index >= 15 is 0 Å². The average molecular weight is 342 g/mol. The summed E-state index contributed by atoms with van der Waals surface area (Å²) in [7, 11) is 0. The molecule has 0 N–H and O–H groups in total. The van der Waals surface area contributed by atoms with Gasteiger partial charge in [-0.25, -0.2) is 0 Å². The van der Waals surface area contributed by atoms with Crippen LogP contribution in [0.15, 0.2) is 54.6 Å². The second-order valence-electron chi connectivity index (χ2n) is 8.91. The molecule has 1 heterocycles. The van der Waals surface area contributed by atoms with Gasteiger partial charge in [0.05, 0.1) is 6.61 Å². The summed E-state index contributed by atoms with van der Waals surface area (Å²) in [5.74, 6) is 2.46. The Morgan fingerprint density at radius 1 is 0.923 bits per heavy atom. The molecule has 0 saturated heterocycles. The lowest BCUT2D eigenvalue weighted by atomic mass is 9.86. The van der Waals surface area contributed by atoms with E-state index in [1.54, 1.807) is 0 Å². The number of benzene rings is 3. The third-order valence-electron chi connectivity index (χ3n) is 6.13. The van der Waals surface area contributed by atoms with Crippen LogP contribution in [0.5, 0.6) is 5.75 Å². The summed E-state index contributed by atoms with van der Waals surface area (Å²) < 4.78 is 6.02. The SMILES string of the molecule is CC(C)(C)c1ccc([C@H]2C[C@H]2c2cc3ccccc3c3c2CCO3)cc1. The largest absolute Gasteiger partial charge is 0.492 e. The normalized spacial score (nSPS) is 21.5. The predicted octanol–water partition coefficient (Wildman–Crippen LogP) is 6.34. The molecule has 1 saturated carbocycles. The zero-order valence-corrected chi connectivity index (χ0v) is 15.9. The van der Waals surface area contributed by atoms with E-state index in [1.165, 1.54) is 39.4 Å². The Morgan fingerprint density at radius 2 is 1.69 bits per heavy atom. The molecule has 1 aliphatic heterocycles. The minimum absolute atomic E-state index is 0.220. The van der Waals surface area contributed by atoms with Crippen LogP contribution >= 0.6 is 0 Å². The minimum atomic E-state index is 0.220. The maximum Gasteiger partial charge on any atom is 0.130 e. The molecule has 1 heteroatoms. The van der Waals surface area contributed by atoms with E-state index in [9.17, 15) is 0 Å². The van der Waals surface area contributed by atoms with Gasteiger partial charge in [0.25, 0.3) is 0 Å². The Morgan fingerprint density at radius 3 is 2.46 bits per heavy atom. The van der Waals surface area contributed by atoms with Crippen molar-refractivity contribution in [2.75, 3.05) is 6.61 Å². The van der Waals surface area contributed by atoms with Gasteiger partial charge in [-0.15, -0.1) is 0 Å². The van der Waals surface area contributed by atoms with E-state index in [4.69, 9.17) is 4.74 Å². The highest BCUT2D eigenvalue weighted by molar-refractivity contribution is 5.91. The molecule has 2 atom stereocenters. The summed E-state index contributed by atoms with van der Waals surface area (Å²) in [6.07, 6.45) is 2.32. The number of rotatable bonds is 2. The lowest BCUT2D eigenvalue weighted by Gasteiger charge is -2.19. The van der Waals surface area contributed by atoms with Crippen molar-refractivity contribution in [3.05, 3.63) is 76.9 Å². The Balaban J connectivity index is 1.49. The third-order valence-corrected chi connectivity index (χ3v) is 6.13. The molecule has 1 nitrogen and oxygen atoms in total. The third kappa shape index (κ3) is 2.53. The first kappa shape index (κ1) is 15.9. The molecule has 1 aliphatic carbocycles. The van der Waals surface area contributed by atoms with Gasteiger partial charge in [-0.05, 0) is 45.7 Å². The second kappa shape index (κ2) is 5.61. The van der Waals surface area contributed by atoms with Crippen molar-refractivity contribution in [3.8, 4) is 5.75 Å². The van der Waals surface area contributed by atoms with Gasteiger partial charge >= 0.3 is 0 Å². The lowest BCUT2D eigenvalue weighted by Crippen LogP contribution is -2.10. The van der Waals surface area contributed by atoms with Gasteiger partial charge in [0, 0.05) is 17.4 Å². The fraction of sp³-hybridized carbons (Fsp3) is 0.360. The van der Waals surface area contributed by atoms with Crippen molar-refractivity contribution < 1.29 is 4.74 Å². The molecule has 5 rings (SSSR count). The van der Waals surface area contributed by atoms with Crippen LogP contribution in [-0.4, -0.2) is 6.61 Å². The first-order valence-corrected chi connectivity index (χ1v) is 9.80. The summed E-state index contributed by atoms with van der Waals surface area (Å²) in [5, 5.41) is 2.59. The van der Waals surface area contributed by atoms with Crippen molar-refractivity contribution in [2.45, 2.75) is 50.9 Å². The summed E-state index contributed by atoms with van der Waals surface area (Å²) >= 11 is 0. The van der Waals surface area contributed by atoms with Crippen LogP contribution in [0, 0.1) is 0 Å². The molecular formula is C25H26O. The highest BCUT2D eigenvalue weighted by Gasteiger charge is 2.42. The van der Waals surface area contributed by atoms with Gasteiger partial charge in [-0.2, -0.15) is 0 Å². The number of hydrogen-bond donors (Lipinski definition) is 0. The molecule has 0 radical (unpaired) electrons. The van der Waals surface area contributed by atoms with E-state index in [1.807, 2.05) is 0 Å². The second-order valence-corrected chi connectivity index (χ2v) is 8.91. The van der Waals surface area contributed by atoms with E-state index in [-0.39, 0.29) is 5.41 Å². The van der Waals surface area contributed by atoms with E-state index < -0.39 is 0 Å². The fourth-order valence-corrected chi connectivity index (χ4v) is 4.52. The van der Waals surface area contributed by atoms with Crippen LogP contribution in [-0.2, 0) is 11.8 Å². The van der Waals surface area contributed by atoms with E-state index in [0.717, 1.165) is 18.8 Å². The average Bonchev–Trinajstić information content (AvgIpc) is 3.27. The Kier molecular flexibility index (Phi) is 3.44. The van der Waals surface area contributed by atoms with Gasteiger partial charge in [-0.3, -0.25) is 0 Å². The van der Waals surface area contributed by atoms with Gasteiger partial charge in [0.15, 0.2) is 0 Å². The van der Waals surface area contributed by atoms with E-state index in [2.05, 4.69) is 75.4 Å². The summed E-state index contributed by atoms with van der Waals surface area (Å²) in [5.41, 5.74) is 6.11. The van der Waals surface area contributed by atoms with Crippen LogP contribution in [0.4, 0.5) is 0 Å². The van der Waals surface area contributed by atoms with Crippen molar-refractivity contribution in [3.63, 3.8) is 0 Å². The number of hydrogen-bond acceptors (Lipinski definition) is 1. The zero-order chi connectivity index (χ0) is 17.9. The van der Waals surface area contributed by atoms with Gasteiger partial charge < -0.3 is 4.74 Å². The Hall–Kier alpha value is -2.28. The Bertz CT molecular complexity index is 975. The van der Waals surface area contributed by atoms with Gasteiger partial charge in [0.1, 0.15) is 5.75 Å². The van der Waals surface area contributed by atoms with Gasteiger partial charge in [-0.1, -0.05) is 75.4 Å². The molecule has 26 heavy (non-hydrogen) atoms. The van der Waals surface area contributed by atoms with Crippen LogP contribution in [0.1, 0.15) is 61.3 Å². The maximum atomic E-state index is 6.02. The smallest absolute Gasteiger partial charge is 0.130 e. The monoisotopic (exact) mass is 342 g/mol. The summed E-state index contributed by atoms with van der Waals surface area (Å²) in [6.45, 7) is 7.66. The standard InChI is InChI=1S/C25H26O/c1-25(2,3)18-10-8-16(9-11-18)21-15-23(21)22-14-17-6-4-5-7-19(17)24-20(22)12-13-26-24/h4-11,14,21,23H,12-13,15H2,1-3H3/t21-,23-/m1/s1. The number of ether oxygens (including phenoxy) is 1. The topological polar surface area (TPSA) is 9.23 Å². The summed E-state index contributed by atoms with van der Waals surface area (Å²) in [6, 6.07) is 20.4. The Labute approximate surface area is 156 Å². The molecule has 0 aromatic heterocycles. The fourth-order valence-electron chi connectivity index (χ4n) is 4.52. The molecule has 0 spiro atoms. The maximum absolute atomic E-state index is 6.02. The van der Waals surface area contributed by atoms with Crippen LogP contribution < -0.4 is 4.74 Å². The van der Waals surface area contributed by atoms with Crippen molar-refractivity contribution in [1.29, 1.82) is 0 Å². The molecular weight excluding hydrogens is 316 g/mol. The molecule has 1 fully saturated rings. The molecule has 0 bridgehead atoms. The van der Waals surface area contributed by atoms with E-state index in [0.29, 0.717) is 11.8 Å². The summed E-state index contributed by atoms with van der Waals surface area (Å²) in [4.78, 5) is 0. The molecule has 3 aromatic carbocycles. The van der Waals surface area contributed by atoms with Crippen molar-refractivity contribution >= 4 is 10.8 Å². The minimum Gasteiger partial charge on any atom is -0.492 e. The quantitative estimate of drug-likeness (QED) is 0.528.